The van der Waals surface area contributed by atoms with Gasteiger partial charge < -0.3 is 14.4 Å². The van der Waals surface area contributed by atoms with E-state index in [0.717, 1.165) is 13.1 Å². The lowest BCUT2D eigenvalue weighted by atomic mass is 10.2. The minimum absolute atomic E-state index is 0.0377. The maximum Gasteiger partial charge on any atom is 0.269 e. The molecule has 0 amide bonds. The van der Waals surface area contributed by atoms with E-state index in [-0.39, 0.29) is 5.69 Å². The van der Waals surface area contributed by atoms with Gasteiger partial charge in [-0.25, -0.2) is 9.97 Å². The summed E-state index contributed by atoms with van der Waals surface area (Å²) in [7, 11) is 1.58. The first kappa shape index (κ1) is 15.2. The molecule has 0 radical (unpaired) electrons. The molecule has 1 saturated heterocycles. The summed E-state index contributed by atoms with van der Waals surface area (Å²) in [5.74, 6) is 1.80. The Hall–Kier alpha value is -2.74. The van der Waals surface area contributed by atoms with Crippen LogP contribution in [0.1, 0.15) is 0 Å². The molecule has 3 rings (SSSR count). The van der Waals surface area contributed by atoms with Crippen molar-refractivity contribution in [2.45, 2.75) is 0 Å². The number of rotatable bonds is 4. The maximum atomic E-state index is 10.7. The van der Waals surface area contributed by atoms with Crippen molar-refractivity contribution in [2.75, 3.05) is 38.3 Å². The lowest BCUT2D eigenvalue weighted by Crippen LogP contribution is -2.37. The Morgan fingerprint density at radius 3 is 2.57 bits per heavy atom. The van der Waals surface area contributed by atoms with Crippen molar-refractivity contribution in [3.05, 3.63) is 40.6 Å². The van der Waals surface area contributed by atoms with Crippen molar-refractivity contribution in [2.24, 2.45) is 0 Å². The molecule has 1 aliphatic heterocycles. The minimum atomic E-state index is -0.433. The summed E-state index contributed by atoms with van der Waals surface area (Å²) < 4.78 is 10.7. The topological polar surface area (TPSA) is 90.6 Å². The van der Waals surface area contributed by atoms with Gasteiger partial charge in [-0.15, -0.1) is 0 Å². The quantitative estimate of drug-likeness (QED) is 0.628. The fourth-order valence-corrected chi connectivity index (χ4v) is 2.38. The van der Waals surface area contributed by atoms with E-state index in [1.54, 1.807) is 25.4 Å². The van der Waals surface area contributed by atoms with E-state index in [4.69, 9.17) is 9.47 Å². The minimum Gasteiger partial charge on any atom is -0.491 e. The monoisotopic (exact) mass is 316 g/mol. The van der Waals surface area contributed by atoms with Crippen LogP contribution < -0.4 is 9.64 Å². The molecule has 0 saturated carbocycles. The Bertz CT molecular complexity index is 699. The maximum absolute atomic E-state index is 10.7. The molecule has 1 aromatic carbocycles. The van der Waals surface area contributed by atoms with Gasteiger partial charge in [-0.1, -0.05) is 0 Å². The van der Waals surface area contributed by atoms with Gasteiger partial charge >= 0.3 is 0 Å². The molecule has 2 aromatic rings. The molecule has 0 aliphatic carbocycles. The van der Waals surface area contributed by atoms with Crippen LogP contribution in [0, 0.1) is 10.1 Å². The van der Waals surface area contributed by atoms with Crippen molar-refractivity contribution in [3.8, 4) is 17.1 Å². The van der Waals surface area contributed by atoms with Crippen LogP contribution in [0.4, 0.5) is 11.5 Å². The van der Waals surface area contributed by atoms with Gasteiger partial charge in [0.2, 0.25) is 0 Å². The summed E-state index contributed by atoms with van der Waals surface area (Å²) in [4.78, 5) is 21.2. The molecule has 8 heteroatoms. The number of methoxy groups -OCH3 is 1. The molecule has 1 fully saturated rings. The molecule has 0 atom stereocenters. The summed E-state index contributed by atoms with van der Waals surface area (Å²) in [6.45, 7) is 2.74. The SMILES string of the molecule is COc1cnc(-c2ccc([N+](=O)[O-])cc2)nc1N1CCOCC1. The van der Waals surface area contributed by atoms with E-state index in [1.165, 1.54) is 12.1 Å². The van der Waals surface area contributed by atoms with Crippen LogP contribution >= 0.6 is 0 Å². The number of nitro benzene ring substituents is 1. The van der Waals surface area contributed by atoms with E-state index in [0.29, 0.717) is 36.2 Å². The highest BCUT2D eigenvalue weighted by molar-refractivity contribution is 5.62. The molecule has 0 N–H and O–H groups in total. The van der Waals surface area contributed by atoms with Crippen LogP contribution in [-0.2, 0) is 4.74 Å². The first-order valence-electron chi connectivity index (χ1n) is 7.17. The van der Waals surface area contributed by atoms with Gasteiger partial charge in [0.05, 0.1) is 31.4 Å². The largest absolute Gasteiger partial charge is 0.491 e. The Labute approximate surface area is 132 Å². The fourth-order valence-electron chi connectivity index (χ4n) is 2.38. The lowest BCUT2D eigenvalue weighted by Gasteiger charge is -2.28. The second-order valence-corrected chi connectivity index (χ2v) is 4.99. The predicted molar refractivity (Wildman–Crippen MR) is 83.7 cm³/mol. The van der Waals surface area contributed by atoms with Gasteiger partial charge in [0.25, 0.3) is 5.69 Å². The molecule has 23 heavy (non-hydrogen) atoms. The highest BCUT2D eigenvalue weighted by atomic mass is 16.6. The molecule has 1 aliphatic rings. The molecule has 0 unspecified atom stereocenters. The van der Waals surface area contributed by atoms with Gasteiger partial charge in [-0.2, -0.15) is 0 Å². The molecule has 1 aromatic heterocycles. The van der Waals surface area contributed by atoms with Crippen LogP contribution in [-0.4, -0.2) is 48.3 Å². The van der Waals surface area contributed by atoms with E-state index >= 15 is 0 Å². The molecular weight excluding hydrogens is 300 g/mol. The first-order chi connectivity index (χ1) is 11.2. The summed E-state index contributed by atoms with van der Waals surface area (Å²) in [6, 6.07) is 6.17. The standard InChI is InChI=1S/C15H16N4O4/c1-22-13-10-16-14(11-2-4-12(5-3-11)19(20)21)17-15(13)18-6-8-23-9-7-18/h2-5,10H,6-9H2,1H3. The fraction of sp³-hybridized carbons (Fsp3) is 0.333. The average molecular weight is 316 g/mol. The Morgan fingerprint density at radius 1 is 1.26 bits per heavy atom. The van der Waals surface area contributed by atoms with Crippen molar-refractivity contribution in [1.29, 1.82) is 0 Å². The van der Waals surface area contributed by atoms with Crippen LogP contribution in [0.25, 0.3) is 11.4 Å². The highest BCUT2D eigenvalue weighted by Crippen LogP contribution is 2.29. The summed E-state index contributed by atoms with van der Waals surface area (Å²) in [5.41, 5.74) is 0.753. The van der Waals surface area contributed by atoms with Crippen molar-refractivity contribution < 1.29 is 14.4 Å². The summed E-state index contributed by atoms with van der Waals surface area (Å²) in [6.07, 6.45) is 1.62. The van der Waals surface area contributed by atoms with Crippen molar-refractivity contribution in [3.63, 3.8) is 0 Å². The number of anilines is 1. The van der Waals surface area contributed by atoms with E-state index in [1.807, 2.05) is 0 Å². The van der Waals surface area contributed by atoms with Gasteiger partial charge in [0.1, 0.15) is 0 Å². The van der Waals surface area contributed by atoms with Crippen molar-refractivity contribution >= 4 is 11.5 Å². The van der Waals surface area contributed by atoms with Crippen LogP contribution in [0.3, 0.4) is 0 Å². The van der Waals surface area contributed by atoms with Crippen LogP contribution in [0.15, 0.2) is 30.5 Å². The first-order valence-corrected chi connectivity index (χ1v) is 7.17. The number of benzene rings is 1. The number of hydrogen-bond acceptors (Lipinski definition) is 7. The number of morpholine rings is 1. The Kier molecular flexibility index (Phi) is 4.33. The smallest absolute Gasteiger partial charge is 0.269 e. The molecular formula is C15H16N4O4. The van der Waals surface area contributed by atoms with Gasteiger partial charge in [-0.05, 0) is 12.1 Å². The average Bonchev–Trinajstić information content (AvgIpc) is 2.62. The summed E-state index contributed by atoms with van der Waals surface area (Å²) >= 11 is 0. The number of non-ortho nitro benzene ring substituents is 1. The molecule has 0 spiro atoms. The molecule has 8 nitrogen and oxygen atoms in total. The van der Waals surface area contributed by atoms with Crippen molar-refractivity contribution in [1.82, 2.24) is 9.97 Å². The zero-order valence-corrected chi connectivity index (χ0v) is 12.6. The Balaban J connectivity index is 1.94. The molecule has 2 heterocycles. The van der Waals surface area contributed by atoms with Gasteiger partial charge in [-0.3, -0.25) is 10.1 Å². The van der Waals surface area contributed by atoms with Crippen LogP contribution in [0.5, 0.6) is 5.75 Å². The third-order valence-corrected chi connectivity index (χ3v) is 3.60. The van der Waals surface area contributed by atoms with E-state index in [9.17, 15) is 10.1 Å². The lowest BCUT2D eigenvalue weighted by molar-refractivity contribution is -0.384. The second-order valence-electron chi connectivity index (χ2n) is 4.99. The zero-order valence-electron chi connectivity index (χ0n) is 12.6. The number of nitro groups is 1. The molecule has 0 bridgehead atoms. The van der Waals surface area contributed by atoms with Gasteiger partial charge in [0.15, 0.2) is 17.4 Å². The zero-order chi connectivity index (χ0) is 16.2. The highest BCUT2D eigenvalue weighted by Gasteiger charge is 2.19. The third-order valence-electron chi connectivity index (χ3n) is 3.60. The summed E-state index contributed by atoms with van der Waals surface area (Å²) in [5, 5.41) is 10.7. The number of aromatic nitrogens is 2. The van der Waals surface area contributed by atoms with E-state index < -0.39 is 4.92 Å². The normalized spacial score (nSPS) is 14.6. The van der Waals surface area contributed by atoms with E-state index in [2.05, 4.69) is 14.9 Å². The van der Waals surface area contributed by atoms with Gasteiger partial charge in [0, 0.05) is 30.8 Å². The second kappa shape index (κ2) is 6.57. The Morgan fingerprint density at radius 2 is 1.96 bits per heavy atom. The number of nitrogens with zero attached hydrogens (tertiary/aromatic N) is 4. The third kappa shape index (κ3) is 3.21. The predicted octanol–water partition coefficient (Wildman–Crippen LogP) is 1.90. The molecule has 120 valence electrons. The number of ether oxygens (including phenoxy) is 2. The van der Waals surface area contributed by atoms with Crippen LogP contribution in [0.2, 0.25) is 0 Å². The number of hydrogen-bond donors (Lipinski definition) is 0.